The van der Waals surface area contributed by atoms with Gasteiger partial charge in [0.1, 0.15) is 0 Å². The van der Waals surface area contributed by atoms with E-state index in [2.05, 4.69) is 30.6 Å². The Morgan fingerprint density at radius 2 is 1.76 bits per heavy atom. The van der Waals surface area contributed by atoms with Gasteiger partial charge in [-0.2, -0.15) is 0 Å². The molecule has 2 saturated heterocycles. The lowest BCUT2D eigenvalue weighted by molar-refractivity contribution is -0.0440. The first kappa shape index (κ1) is 14.9. The average Bonchev–Trinajstić information content (AvgIpc) is 2.76. The molecule has 0 saturated carbocycles. The van der Waals surface area contributed by atoms with Crippen LogP contribution >= 0.6 is 0 Å². The summed E-state index contributed by atoms with van der Waals surface area (Å²) in [6, 6.07) is 0.686. The van der Waals surface area contributed by atoms with Crippen LogP contribution in [0.15, 0.2) is 0 Å². The van der Waals surface area contributed by atoms with Gasteiger partial charge in [0.25, 0.3) is 0 Å². The van der Waals surface area contributed by atoms with Crippen molar-refractivity contribution in [1.82, 2.24) is 9.80 Å². The first-order valence-corrected chi connectivity index (χ1v) is 7.25. The van der Waals surface area contributed by atoms with Crippen LogP contribution in [0.1, 0.15) is 47.5 Å². The summed E-state index contributed by atoms with van der Waals surface area (Å²) in [6.45, 7) is 16.3. The zero-order valence-electron chi connectivity index (χ0n) is 12.3. The standard InChI is InChI=1S/C12H24N2O.C2H6/c1-4-13-9-12(15-10-13)5-7-14(8-6-12)11(2)3;1-2/h11H,4-10H2,1-3H3;1-2H3. The van der Waals surface area contributed by atoms with Crippen molar-refractivity contribution in [1.29, 1.82) is 0 Å². The van der Waals surface area contributed by atoms with Crippen molar-refractivity contribution in [2.45, 2.75) is 59.1 Å². The van der Waals surface area contributed by atoms with Crippen LogP contribution in [0.2, 0.25) is 0 Å². The third-order valence-electron chi connectivity index (χ3n) is 3.95. The molecule has 1 spiro atoms. The molecule has 0 unspecified atom stereocenters. The summed E-state index contributed by atoms with van der Waals surface area (Å²) in [6.07, 6.45) is 2.42. The number of hydrogen-bond acceptors (Lipinski definition) is 3. The second-order valence-corrected chi connectivity index (χ2v) is 5.23. The van der Waals surface area contributed by atoms with Crippen LogP contribution in [0, 0.1) is 0 Å². The van der Waals surface area contributed by atoms with Gasteiger partial charge >= 0.3 is 0 Å². The lowest BCUT2D eigenvalue weighted by atomic mass is 9.91. The van der Waals surface area contributed by atoms with Crippen molar-refractivity contribution in [3.63, 3.8) is 0 Å². The Balaban J connectivity index is 0.000000686. The predicted octanol–water partition coefficient (Wildman–Crippen LogP) is 2.57. The largest absolute Gasteiger partial charge is 0.358 e. The number of piperidine rings is 1. The van der Waals surface area contributed by atoms with Gasteiger partial charge in [-0.1, -0.05) is 20.8 Å². The van der Waals surface area contributed by atoms with Gasteiger partial charge in [-0.3, -0.25) is 4.90 Å². The molecule has 102 valence electrons. The van der Waals surface area contributed by atoms with Crippen molar-refractivity contribution in [3.8, 4) is 0 Å². The molecule has 0 amide bonds. The second kappa shape index (κ2) is 6.72. The van der Waals surface area contributed by atoms with Crippen LogP contribution < -0.4 is 0 Å². The summed E-state index contributed by atoms with van der Waals surface area (Å²) in [4.78, 5) is 4.97. The van der Waals surface area contributed by atoms with E-state index in [0.29, 0.717) is 6.04 Å². The monoisotopic (exact) mass is 242 g/mol. The van der Waals surface area contributed by atoms with Crippen LogP contribution in [0.25, 0.3) is 0 Å². The van der Waals surface area contributed by atoms with E-state index in [1.165, 1.54) is 25.9 Å². The van der Waals surface area contributed by atoms with E-state index in [9.17, 15) is 0 Å². The molecule has 0 aromatic carbocycles. The van der Waals surface area contributed by atoms with Crippen molar-refractivity contribution in [2.24, 2.45) is 0 Å². The Bertz CT molecular complexity index is 210. The van der Waals surface area contributed by atoms with Crippen LogP contribution in [-0.4, -0.2) is 54.4 Å². The van der Waals surface area contributed by atoms with Gasteiger partial charge in [0.05, 0.1) is 12.3 Å². The fourth-order valence-electron chi connectivity index (χ4n) is 2.68. The number of nitrogens with zero attached hydrogens (tertiary/aromatic N) is 2. The van der Waals surface area contributed by atoms with Gasteiger partial charge in [-0.15, -0.1) is 0 Å². The Hall–Kier alpha value is -0.120. The Morgan fingerprint density at radius 1 is 1.18 bits per heavy atom. The first-order valence-electron chi connectivity index (χ1n) is 7.25. The maximum atomic E-state index is 6.01. The van der Waals surface area contributed by atoms with Gasteiger partial charge in [0.2, 0.25) is 0 Å². The van der Waals surface area contributed by atoms with E-state index in [1.807, 2.05) is 13.8 Å². The first-order chi connectivity index (χ1) is 8.15. The summed E-state index contributed by atoms with van der Waals surface area (Å²) >= 11 is 0. The molecular formula is C14H30N2O. The summed E-state index contributed by atoms with van der Waals surface area (Å²) in [5, 5.41) is 0. The second-order valence-electron chi connectivity index (χ2n) is 5.23. The minimum Gasteiger partial charge on any atom is -0.358 e. The molecule has 0 atom stereocenters. The summed E-state index contributed by atoms with van der Waals surface area (Å²) in [7, 11) is 0. The zero-order valence-corrected chi connectivity index (χ0v) is 12.3. The maximum absolute atomic E-state index is 6.01. The molecular weight excluding hydrogens is 212 g/mol. The minimum absolute atomic E-state index is 0.196. The number of rotatable bonds is 2. The molecule has 3 heteroatoms. The number of likely N-dealkylation sites (tertiary alicyclic amines) is 1. The summed E-state index contributed by atoms with van der Waals surface area (Å²) < 4.78 is 6.01. The molecule has 17 heavy (non-hydrogen) atoms. The average molecular weight is 242 g/mol. The van der Waals surface area contributed by atoms with Crippen molar-refractivity contribution in [3.05, 3.63) is 0 Å². The van der Waals surface area contributed by atoms with Crippen LogP contribution in [0.3, 0.4) is 0 Å². The molecule has 2 rings (SSSR count). The SMILES string of the molecule is CC.CCN1COC2(CCN(C(C)C)CC2)C1. The molecule has 2 fully saturated rings. The van der Waals surface area contributed by atoms with E-state index in [0.717, 1.165) is 19.8 Å². The van der Waals surface area contributed by atoms with Crippen LogP contribution in [0.5, 0.6) is 0 Å². The molecule has 2 aliphatic heterocycles. The summed E-state index contributed by atoms with van der Waals surface area (Å²) in [5.74, 6) is 0. The Kier molecular flexibility index (Phi) is 5.90. The van der Waals surface area contributed by atoms with E-state index in [4.69, 9.17) is 4.74 Å². The minimum atomic E-state index is 0.196. The smallest absolute Gasteiger partial charge is 0.0999 e. The molecule has 0 aliphatic carbocycles. The zero-order chi connectivity index (χ0) is 12.9. The van der Waals surface area contributed by atoms with Crippen molar-refractivity contribution in [2.75, 3.05) is 32.9 Å². The Labute approximate surface area is 107 Å². The highest BCUT2D eigenvalue weighted by Gasteiger charge is 2.41. The fraction of sp³-hybridized carbons (Fsp3) is 1.00. The normalized spacial score (nSPS) is 25.1. The van der Waals surface area contributed by atoms with Gasteiger partial charge < -0.3 is 9.64 Å². The highest BCUT2D eigenvalue weighted by Crippen LogP contribution is 2.32. The molecule has 0 aromatic rings. The predicted molar refractivity (Wildman–Crippen MR) is 73.2 cm³/mol. The van der Waals surface area contributed by atoms with E-state index >= 15 is 0 Å². The van der Waals surface area contributed by atoms with Gasteiger partial charge in [0.15, 0.2) is 0 Å². The van der Waals surface area contributed by atoms with E-state index in [1.54, 1.807) is 0 Å². The molecule has 0 N–H and O–H groups in total. The summed E-state index contributed by atoms with van der Waals surface area (Å²) in [5.41, 5.74) is 0.196. The maximum Gasteiger partial charge on any atom is 0.0999 e. The highest BCUT2D eigenvalue weighted by atomic mass is 16.5. The van der Waals surface area contributed by atoms with Crippen LogP contribution in [-0.2, 0) is 4.74 Å². The van der Waals surface area contributed by atoms with E-state index < -0.39 is 0 Å². The molecule has 0 bridgehead atoms. The van der Waals surface area contributed by atoms with Crippen molar-refractivity contribution >= 4 is 0 Å². The highest BCUT2D eigenvalue weighted by molar-refractivity contribution is 4.93. The number of ether oxygens (including phenoxy) is 1. The number of likely N-dealkylation sites (N-methyl/N-ethyl adjacent to an activating group) is 1. The lowest BCUT2D eigenvalue weighted by Crippen LogP contribution is -2.48. The van der Waals surface area contributed by atoms with Crippen LogP contribution in [0.4, 0.5) is 0 Å². The molecule has 2 heterocycles. The molecule has 2 aliphatic rings. The van der Waals surface area contributed by atoms with E-state index in [-0.39, 0.29) is 5.60 Å². The van der Waals surface area contributed by atoms with Gasteiger partial charge in [-0.05, 0) is 33.2 Å². The fourth-order valence-corrected chi connectivity index (χ4v) is 2.68. The molecule has 3 nitrogen and oxygen atoms in total. The quantitative estimate of drug-likeness (QED) is 0.740. The molecule has 0 radical (unpaired) electrons. The number of hydrogen-bond donors (Lipinski definition) is 0. The third kappa shape index (κ3) is 3.67. The molecule has 0 aromatic heterocycles. The van der Waals surface area contributed by atoms with Crippen molar-refractivity contribution < 1.29 is 4.74 Å². The van der Waals surface area contributed by atoms with Gasteiger partial charge in [0, 0.05) is 25.7 Å². The Morgan fingerprint density at radius 3 is 2.18 bits per heavy atom. The topological polar surface area (TPSA) is 15.7 Å². The third-order valence-corrected chi connectivity index (χ3v) is 3.95. The lowest BCUT2D eigenvalue weighted by Gasteiger charge is -2.40. The van der Waals surface area contributed by atoms with Gasteiger partial charge in [-0.25, -0.2) is 0 Å².